The summed E-state index contributed by atoms with van der Waals surface area (Å²) in [6, 6.07) is 3.84. The second-order valence-corrected chi connectivity index (χ2v) is 5.92. The Labute approximate surface area is 150 Å². The zero-order valence-corrected chi connectivity index (χ0v) is 14.4. The number of rotatable bonds is 6. The summed E-state index contributed by atoms with van der Waals surface area (Å²) in [6.07, 6.45) is 4.39. The lowest BCUT2D eigenvalue weighted by molar-refractivity contribution is 0.261. The van der Waals surface area contributed by atoms with Gasteiger partial charge in [-0.2, -0.15) is 0 Å². The number of hydrogen-bond donors (Lipinski definition) is 2. The van der Waals surface area contributed by atoms with Crippen LogP contribution in [0.3, 0.4) is 0 Å². The van der Waals surface area contributed by atoms with E-state index in [0.29, 0.717) is 30.5 Å². The molecule has 0 spiro atoms. The van der Waals surface area contributed by atoms with Gasteiger partial charge in [0.25, 0.3) is 5.88 Å². The van der Waals surface area contributed by atoms with Crippen molar-refractivity contribution in [2.24, 2.45) is 0 Å². The first-order chi connectivity index (χ1) is 12.8. The second kappa shape index (κ2) is 7.44. The molecule has 4 heterocycles. The van der Waals surface area contributed by atoms with E-state index in [4.69, 9.17) is 14.7 Å². The Bertz CT molecular complexity index is 882. The summed E-state index contributed by atoms with van der Waals surface area (Å²) < 4.78 is 10.2. The van der Waals surface area contributed by atoms with E-state index in [1.165, 1.54) is 0 Å². The summed E-state index contributed by atoms with van der Waals surface area (Å²) in [5.74, 6) is 1.92. The van der Waals surface area contributed by atoms with Gasteiger partial charge in [0.1, 0.15) is 18.1 Å². The molecule has 9 heteroatoms. The number of aromatic nitrogens is 5. The van der Waals surface area contributed by atoms with Crippen LogP contribution in [0.5, 0.6) is 5.88 Å². The number of fused-ring (bicyclic) bond motifs is 1. The summed E-state index contributed by atoms with van der Waals surface area (Å²) in [4.78, 5) is 13.6. The topological polar surface area (TPSA) is 111 Å². The minimum atomic E-state index is 0.414. The molecule has 0 aromatic carbocycles. The fourth-order valence-corrected chi connectivity index (χ4v) is 2.80. The zero-order chi connectivity index (χ0) is 17.8. The number of ether oxygens (including phenoxy) is 1. The Morgan fingerprint density at radius 2 is 2.27 bits per heavy atom. The molecule has 26 heavy (non-hydrogen) atoms. The number of nitrogens with zero attached hydrogens (tertiary/aromatic N) is 5. The molecule has 1 aliphatic heterocycles. The molecule has 3 aromatic heterocycles. The standard InChI is InChI=1S/C17H19N7O2/c1-11-17(24-26-23-11)25-8-7-20-16-13-4-6-19-10-14(13)21-15(22-16)12-3-2-5-18-9-12/h2-3,5,9,19H,4,6-8,10H2,1H3,(H,20,21,22). The van der Waals surface area contributed by atoms with Crippen molar-refractivity contribution in [3.63, 3.8) is 0 Å². The lowest BCUT2D eigenvalue weighted by atomic mass is 10.1. The zero-order valence-electron chi connectivity index (χ0n) is 14.4. The van der Waals surface area contributed by atoms with Crippen LogP contribution in [0.25, 0.3) is 11.4 Å². The van der Waals surface area contributed by atoms with Crippen LogP contribution in [0.4, 0.5) is 5.82 Å². The molecule has 0 fully saturated rings. The number of aryl methyl sites for hydroxylation is 1. The van der Waals surface area contributed by atoms with E-state index in [-0.39, 0.29) is 0 Å². The molecule has 9 nitrogen and oxygen atoms in total. The number of pyridine rings is 1. The van der Waals surface area contributed by atoms with Gasteiger partial charge < -0.3 is 15.4 Å². The average molecular weight is 353 g/mol. The molecule has 0 atom stereocenters. The van der Waals surface area contributed by atoms with Gasteiger partial charge in [0.15, 0.2) is 5.82 Å². The smallest absolute Gasteiger partial charge is 0.278 e. The van der Waals surface area contributed by atoms with Crippen molar-refractivity contribution < 1.29 is 9.37 Å². The maximum absolute atomic E-state index is 5.56. The third-order valence-electron chi connectivity index (χ3n) is 4.10. The molecule has 0 saturated heterocycles. The Balaban J connectivity index is 1.51. The Hall–Kier alpha value is -3.07. The monoisotopic (exact) mass is 353 g/mol. The van der Waals surface area contributed by atoms with Crippen LogP contribution < -0.4 is 15.4 Å². The fraction of sp³-hybridized carbons (Fsp3) is 0.353. The summed E-state index contributed by atoms with van der Waals surface area (Å²) >= 11 is 0. The quantitative estimate of drug-likeness (QED) is 0.635. The van der Waals surface area contributed by atoms with Crippen molar-refractivity contribution in [1.29, 1.82) is 0 Å². The van der Waals surface area contributed by atoms with E-state index in [2.05, 4.69) is 30.6 Å². The van der Waals surface area contributed by atoms with Crippen molar-refractivity contribution >= 4 is 5.82 Å². The van der Waals surface area contributed by atoms with Crippen molar-refractivity contribution in [2.75, 3.05) is 25.0 Å². The van der Waals surface area contributed by atoms with Gasteiger partial charge in [-0.15, -0.1) is 0 Å². The van der Waals surface area contributed by atoms with E-state index in [1.54, 1.807) is 19.3 Å². The van der Waals surface area contributed by atoms with Crippen LogP contribution in [0.15, 0.2) is 29.2 Å². The Kier molecular flexibility index (Phi) is 4.69. The molecular weight excluding hydrogens is 334 g/mol. The SMILES string of the molecule is Cc1nonc1OCCNc1nc(-c2cccnc2)nc2c1CCNC2. The second-order valence-electron chi connectivity index (χ2n) is 5.92. The highest BCUT2D eigenvalue weighted by atomic mass is 16.6. The van der Waals surface area contributed by atoms with E-state index in [1.807, 2.05) is 12.1 Å². The molecule has 1 aliphatic rings. The highest BCUT2D eigenvalue weighted by Crippen LogP contribution is 2.24. The van der Waals surface area contributed by atoms with E-state index >= 15 is 0 Å². The fourth-order valence-electron chi connectivity index (χ4n) is 2.80. The molecule has 0 bridgehead atoms. The normalized spacial score (nSPS) is 13.3. The summed E-state index contributed by atoms with van der Waals surface area (Å²) in [6.45, 7) is 4.44. The van der Waals surface area contributed by atoms with Crippen LogP contribution in [0.1, 0.15) is 17.0 Å². The van der Waals surface area contributed by atoms with Crippen LogP contribution >= 0.6 is 0 Å². The van der Waals surface area contributed by atoms with E-state index in [0.717, 1.165) is 42.1 Å². The summed E-state index contributed by atoms with van der Waals surface area (Å²) in [5, 5.41) is 14.1. The molecule has 2 N–H and O–H groups in total. The van der Waals surface area contributed by atoms with Gasteiger partial charge in [-0.25, -0.2) is 14.6 Å². The van der Waals surface area contributed by atoms with Gasteiger partial charge >= 0.3 is 0 Å². The third-order valence-corrected chi connectivity index (χ3v) is 4.10. The highest BCUT2D eigenvalue weighted by Gasteiger charge is 2.18. The van der Waals surface area contributed by atoms with Gasteiger partial charge in [-0.3, -0.25) is 4.98 Å². The van der Waals surface area contributed by atoms with Crippen molar-refractivity contribution in [2.45, 2.75) is 19.9 Å². The maximum atomic E-state index is 5.56. The van der Waals surface area contributed by atoms with Crippen molar-refractivity contribution in [3.05, 3.63) is 41.5 Å². The minimum Gasteiger partial charge on any atom is -0.472 e. The van der Waals surface area contributed by atoms with Crippen LogP contribution in [0.2, 0.25) is 0 Å². The number of hydrogen-bond acceptors (Lipinski definition) is 9. The molecule has 0 amide bonds. The van der Waals surface area contributed by atoms with E-state index < -0.39 is 0 Å². The predicted octanol–water partition coefficient (Wildman–Crippen LogP) is 1.37. The van der Waals surface area contributed by atoms with Gasteiger partial charge in [0, 0.05) is 30.1 Å². The Morgan fingerprint density at radius 1 is 1.31 bits per heavy atom. The van der Waals surface area contributed by atoms with Gasteiger partial charge in [0.05, 0.1) is 12.2 Å². The third kappa shape index (κ3) is 3.47. The van der Waals surface area contributed by atoms with Gasteiger partial charge in [-0.05, 0) is 37.2 Å². The van der Waals surface area contributed by atoms with Crippen LogP contribution in [-0.2, 0) is 13.0 Å². The molecule has 0 radical (unpaired) electrons. The highest BCUT2D eigenvalue weighted by molar-refractivity contribution is 5.59. The molecular formula is C17H19N7O2. The summed E-state index contributed by atoms with van der Waals surface area (Å²) in [7, 11) is 0. The average Bonchev–Trinajstić information content (AvgIpc) is 3.10. The maximum Gasteiger partial charge on any atom is 0.278 e. The first-order valence-corrected chi connectivity index (χ1v) is 8.48. The lowest BCUT2D eigenvalue weighted by Gasteiger charge is -2.20. The number of nitrogens with one attached hydrogen (secondary N) is 2. The molecule has 134 valence electrons. The molecule has 0 aliphatic carbocycles. The van der Waals surface area contributed by atoms with Crippen LogP contribution in [0, 0.1) is 6.92 Å². The largest absolute Gasteiger partial charge is 0.472 e. The molecule has 3 aromatic rings. The van der Waals surface area contributed by atoms with Crippen LogP contribution in [-0.4, -0.2) is 45.0 Å². The van der Waals surface area contributed by atoms with Gasteiger partial charge in [0.2, 0.25) is 0 Å². The molecule has 4 rings (SSSR count). The van der Waals surface area contributed by atoms with E-state index in [9.17, 15) is 0 Å². The number of anilines is 1. The van der Waals surface area contributed by atoms with Gasteiger partial charge in [-0.1, -0.05) is 5.16 Å². The lowest BCUT2D eigenvalue weighted by Crippen LogP contribution is -2.27. The molecule has 0 unspecified atom stereocenters. The first-order valence-electron chi connectivity index (χ1n) is 8.48. The van der Waals surface area contributed by atoms with Crippen molar-refractivity contribution in [1.82, 2.24) is 30.6 Å². The van der Waals surface area contributed by atoms with Crippen molar-refractivity contribution in [3.8, 4) is 17.3 Å². The molecule has 0 saturated carbocycles. The summed E-state index contributed by atoms with van der Waals surface area (Å²) in [5.41, 5.74) is 3.69. The Morgan fingerprint density at radius 3 is 3.08 bits per heavy atom. The minimum absolute atomic E-state index is 0.414. The first kappa shape index (κ1) is 16.4. The predicted molar refractivity (Wildman–Crippen MR) is 93.7 cm³/mol.